The van der Waals surface area contributed by atoms with E-state index in [2.05, 4.69) is 9.88 Å². The Morgan fingerprint density at radius 2 is 1.84 bits per heavy atom. The highest BCUT2D eigenvalue weighted by molar-refractivity contribution is 6.42. The summed E-state index contributed by atoms with van der Waals surface area (Å²) >= 11 is 12.7. The lowest BCUT2D eigenvalue weighted by molar-refractivity contribution is 0.0746. The van der Waals surface area contributed by atoms with Gasteiger partial charge in [0.05, 0.1) is 23.2 Å². The molecule has 0 aliphatic carbocycles. The number of benzene rings is 2. The number of methoxy groups -OCH3 is 1. The van der Waals surface area contributed by atoms with Crippen LogP contribution in [0.5, 0.6) is 5.75 Å². The molecule has 3 aromatic rings. The van der Waals surface area contributed by atoms with Crippen molar-refractivity contribution in [1.82, 2.24) is 14.8 Å². The van der Waals surface area contributed by atoms with Gasteiger partial charge in [0.25, 0.3) is 5.91 Å². The molecular formula is C29H31Cl3FN3O2. The molecule has 0 bridgehead atoms. The number of amides is 1. The van der Waals surface area contributed by atoms with Crippen LogP contribution >= 0.6 is 35.6 Å². The van der Waals surface area contributed by atoms with E-state index >= 15 is 0 Å². The fourth-order valence-corrected chi connectivity index (χ4v) is 6.17. The molecule has 2 aliphatic heterocycles. The summed E-state index contributed by atoms with van der Waals surface area (Å²) in [5.41, 5.74) is 3.44. The molecule has 3 heterocycles. The molecule has 1 fully saturated rings. The highest BCUT2D eigenvalue weighted by atomic mass is 35.5. The number of carbonyl (C=O) groups excluding carboxylic acids is 1. The molecule has 202 valence electrons. The van der Waals surface area contributed by atoms with Gasteiger partial charge in [-0.15, -0.1) is 12.4 Å². The zero-order valence-corrected chi connectivity index (χ0v) is 23.7. The first-order chi connectivity index (χ1) is 17.9. The number of hydrogen-bond donors (Lipinski definition) is 0. The number of likely N-dealkylation sites (N-methyl/N-ethyl adjacent to an activating group) is 1. The largest absolute Gasteiger partial charge is 0.497 e. The molecule has 1 amide bonds. The van der Waals surface area contributed by atoms with Crippen molar-refractivity contribution in [2.24, 2.45) is 0 Å². The standard InChI is InChI=1S/C29H30Cl2FN3O2.ClH/c1-34-27(23-7-6-20(37-2)17-24(23)29(34)36)21(19-5-8-25(30)26(31)16-19)11-15-35-13-9-18(10-14-35)22-4-3-12-33-28(22)32;/h3-8,12,16-18,21,27H,9-11,13-15H2,1-2H3;1H. The SMILES string of the molecule is COc1ccc2c(c1)C(=O)N(C)C2C(CCN1CCC(c2cccnc2F)CC1)c1ccc(Cl)c(Cl)c1.Cl. The van der Waals surface area contributed by atoms with E-state index in [9.17, 15) is 9.18 Å². The maximum absolute atomic E-state index is 14.2. The number of rotatable bonds is 7. The number of likely N-dealkylation sites (tertiary alicyclic amines) is 1. The Morgan fingerprint density at radius 1 is 1.08 bits per heavy atom. The minimum absolute atomic E-state index is 0. The third-order valence-corrected chi connectivity index (χ3v) is 8.61. The van der Waals surface area contributed by atoms with Crippen LogP contribution in [0.4, 0.5) is 4.39 Å². The van der Waals surface area contributed by atoms with Crippen LogP contribution in [0.2, 0.25) is 10.0 Å². The van der Waals surface area contributed by atoms with Crippen LogP contribution in [-0.4, -0.2) is 54.5 Å². The molecule has 38 heavy (non-hydrogen) atoms. The van der Waals surface area contributed by atoms with Gasteiger partial charge in [0.1, 0.15) is 5.75 Å². The van der Waals surface area contributed by atoms with E-state index in [1.807, 2.05) is 54.4 Å². The second kappa shape index (κ2) is 12.2. The van der Waals surface area contributed by atoms with Crippen molar-refractivity contribution in [3.63, 3.8) is 0 Å². The number of nitrogens with zero attached hydrogens (tertiary/aromatic N) is 3. The molecule has 5 nitrogen and oxygen atoms in total. The van der Waals surface area contributed by atoms with Crippen LogP contribution in [-0.2, 0) is 0 Å². The second-order valence-corrected chi connectivity index (χ2v) is 10.7. The minimum atomic E-state index is -0.357. The number of ether oxygens (including phenoxy) is 1. The number of aromatic nitrogens is 1. The maximum atomic E-state index is 14.2. The lowest BCUT2D eigenvalue weighted by atomic mass is 9.84. The van der Waals surface area contributed by atoms with Crippen LogP contribution < -0.4 is 4.74 Å². The molecule has 1 saturated heterocycles. The van der Waals surface area contributed by atoms with Gasteiger partial charge in [-0.25, -0.2) is 4.98 Å². The lowest BCUT2D eigenvalue weighted by Crippen LogP contribution is -2.36. The molecule has 2 aliphatic rings. The molecule has 9 heteroatoms. The fraction of sp³-hybridized carbons (Fsp3) is 0.379. The van der Waals surface area contributed by atoms with Gasteiger partial charge < -0.3 is 14.5 Å². The third kappa shape index (κ3) is 5.64. The summed E-state index contributed by atoms with van der Waals surface area (Å²) in [7, 11) is 3.46. The third-order valence-electron chi connectivity index (χ3n) is 7.87. The predicted octanol–water partition coefficient (Wildman–Crippen LogP) is 7.14. The van der Waals surface area contributed by atoms with Gasteiger partial charge in [-0.2, -0.15) is 4.39 Å². The van der Waals surface area contributed by atoms with Crippen molar-refractivity contribution in [3.05, 3.63) is 93.0 Å². The number of hydrogen-bond acceptors (Lipinski definition) is 4. The van der Waals surface area contributed by atoms with E-state index in [-0.39, 0.29) is 42.1 Å². The van der Waals surface area contributed by atoms with Crippen LogP contribution in [0.3, 0.4) is 0 Å². The summed E-state index contributed by atoms with van der Waals surface area (Å²) in [6, 6.07) is 15.0. The molecule has 0 N–H and O–H groups in total. The molecule has 0 spiro atoms. The van der Waals surface area contributed by atoms with Gasteiger partial charge in [-0.1, -0.05) is 41.4 Å². The summed E-state index contributed by atoms with van der Waals surface area (Å²) in [5, 5.41) is 1.01. The summed E-state index contributed by atoms with van der Waals surface area (Å²) in [5.74, 6) is 0.511. The topological polar surface area (TPSA) is 45.7 Å². The first kappa shape index (κ1) is 28.6. The number of fused-ring (bicyclic) bond motifs is 1. The second-order valence-electron chi connectivity index (χ2n) is 9.88. The summed E-state index contributed by atoms with van der Waals surface area (Å²) in [6.07, 6.45) is 4.11. The average molecular weight is 579 g/mol. The lowest BCUT2D eigenvalue weighted by Gasteiger charge is -2.35. The molecular weight excluding hydrogens is 548 g/mol. The van der Waals surface area contributed by atoms with Crippen LogP contribution in [0.15, 0.2) is 54.7 Å². The van der Waals surface area contributed by atoms with Crippen molar-refractivity contribution in [1.29, 1.82) is 0 Å². The molecule has 2 atom stereocenters. The van der Waals surface area contributed by atoms with Crippen molar-refractivity contribution >= 4 is 41.5 Å². The van der Waals surface area contributed by atoms with E-state index in [1.54, 1.807) is 13.2 Å². The number of piperidine rings is 1. The predicted molar refractivity (Wildman–Crippen MR) is 152 cm³/mol. The van der Waals surface area contributed by atoms with Gasteiger partial charge in [-0.05, 0) is 86.3 Å². The number of halogens is 4. The quantitative estimate of drug-likeness (QED) is 0.280. The minimum Gasteiger partial charge on any atom is -0.497 e. The summed E-state index contributed by atoms with van der Waals surface area (Å²) in [6.45, 7) is 2.64. The zero-order valence-electron chi connectivity index (χ0n) is 21.4. The Balaban J connectivity index is 0.00000336. The summed E-state index contributed by atoms with van der Waals surface area (Å²) < 4.78 is 19.6. The van der Waals surface area contributed by atoms with Crippen molar-refractivity contribution in [2.75, 3.05) is 33.8 Å². The fourth-order valence-electron chi connectivity index (χ4n) is 5.86. The summed E-state index contributed by atoms with van der Waals surface area (Å²) in [4.78, 5) is 21.3. The van der Waals surface area contributed by atoms with E-state index in [1.165, 1.54) is 6.20 Å². The van der Waals surface area contributed by atoms with E-state index in [0.717, 1.165) is 50.0 Å². The van der Waals surface area contributed by atoms with Crippen molar-refractivity contribution < 1.29 is 13.9 Å². The smallest absolute Gasteiger partial charge is 0.254 e. The monoisotopic (exact) mass is 577 g/mol. The maximum Gasteiger partial charge on any atom is 0.254 e. The van der Waals surface area contributed by atoms with Gasteiger partial charge in [0.15, 0.2) is 0 Å². The van der Waals surface area contributed by atoms with Gasteiger partial charge in [0, 0.05) is 30.3 Å². The first-order valence-corrected chi connectivity index (χ1v) is 13.4. The van der Waals surface area contributed by atoms with Gasteiger partial charge in [0.2, 0.25) is 5.95 Å². The van der Waals surface area contributed by atoms with Crippen LogP contribution in [0, 0.1) is 5.95 Å². The molecule has 2 unspecified atom stereocenters. The Bertz CT molecular complexity index is 1300. The van der Waals surface area contributed by atoms with Gasteiger partial charge in [-0.3, -0.25) is 4.79 Å². The Morgan fingerprint density at radius 3 is 2.53 bits per heavy atom. The van der Waals surface area contributed by atoms with E-state index in [0.29, 0.717) is 26.9 Å². The Labute approximate surface area is 239 Å². The normalized spacial score (nSPS) is 18.7. The van der Waals surface area contributed by atoms with Gasteiger partial charge >= 0.3 is 0 Å². The van der Waals surface area contributed by atoms with Crippen LogP contribution in [0.25, 0.3) is 0 Å². The van der Waals surface area contributed by atoms with Crippen LogP contribution in [0.1, 0.15) is 64.2 Å². The highest BCUT2D eigenvalue weighted by Crippen LogP contribution is 2.46. The van der Waals surface area contributed by atoms with E-state index in [4.69, 9.17) is 27.9 Å². The molecule has 2 aromatic carbocycles. The first-order valence-electron chi connectivity index (χ1n) is 12.6. The molecule has 5 rings (SSSR count). The molecule has 0 saturated carbocycles. The highest BCUT2D eigenvalue weighted by Gasteiger charge is 2.40. The van der Waals surface area contributed by atoms with Crippen molar-refractivity contribution in [3.8, 4) is 5.75 Å². The average Bonchev–Trinajstić information content (AvgIpc) is 3.16. The van der Waals surface area contributed by atoms with Crippen molar-refractivity contribution in [2.45, 2.75) is 37.1 Å². The van der Waals surface area contributed by atoms with E-state index < -0.39 is 0 Å². The zero-order chi connectivity index (χ0) is 26.1. The number of pyridine rings is 1. The number of carbonyl (C=O) groups is 1. The molecule has 1 aromatic heterocycles. The Kier molecular flexibility index (Phi) is 9.19. The Hall–Kier alpha value is -2.38. The molecule has 0 radical (unpaired) electrons.